The minimum absolute atomic E-state index is 0.217. The summed E-state index contributed by atoms with van der Waals surface area (Å²) in [6, 6.07) is 6.74. The minimum Gasteiger partial charge on any atom is -0.347 e. The Bertz CT molecular complexity index is 601. The lowest BCUT2D eigenvalue weighted by Gasteiger charge is -2.21. The van der Waals surface area contributed by atoms with Crippen LogP contribution >= 0.6 is 11.6 Å². The molecule has 1 aliphatic carbocycles. The van der Waals surface area contributed by atoms with Gasteiger partial charge in [-0.2, -0.15) is 0 Å². The van der Waals surface area contributed by atoms with E-state index in [1.807, 2.05) is 0 Å². The third-order valence-electron chi connectivity index (χ3n) is 4.10. The summed E-state index contributed by atoms with van der Waals surface area (Å²) in [4.78, 5) is 23.7. The van der Waals surface area contributed by atoms with E-state index in [1.165, 1.54) is 0 Å². The maximum Gasteiger partial charge on any atom is 0.313 e. The molecule has 2 fully saturated rings. The first-order chi connectivity index (χ1) is 11.1. The van der Waals surface area contributed by atoms with E-state index in [0.29, 0.717) is 17.3 Å². The summed E-state index contributed by atoms with van der Waals surface area (Å²) in [7, 11) is 0. The third kappa shape index (κ3) is 3.83. The number of amides is 2. The molecular formula is C16H19ClN2O4. The van der Waals surface area contributed by atoms with Gasteiger partial charge in [0.15, 0.2) is 5.79 Å². The molecule has 0 bridgehead atoms. The van der Waals surface area contributed by atoms with Crippen LogP contribution < -0.4 is 10.6 Å². The van der Waals surface area contributed by atoms with Crippen LogP contribution in [-0.2, 0) is 19.1 Å². The summed E-state index contributed by atoms with van der Waals surface area (Å²) in [6.45, 7) is 0.683. The van der Waals surface area contributed by atoms with Gasteiger partial charge in [-0.3, -0.25) is 9.59 Å². The van der Waals surface area contributed by atoms with Crippen molar-refractivity contribution in [1.29, 1.82) is 0 Å². The molecule has 1 spiro atoms. The predicted molar refractivity (Wildman–Crippen MR) is 85.1 cm³/mol. The van der Waals surface area contributed by atoms with Gasteiger partial charge in [0.1, 0.15) is 6.10 Å². The third-order valence-corrected chi connectivity index (χ3v) is 4.43. The van der Waals surface area contributed by atoms with Gasteiger partial charge in [-0.25, -0.2) is 0 Å². The fourth-order valence-electron chi connectivity index (χ4n) is 2.92. The Labute approximate surface area is 139 Å². The van der Waals surface area contributed by atoms with E-state index in [1.54, 1.807) is 24.3 Å². The first kappa shape index (κ1) is 16.2. The number of para-hydroxylation sites is 1. The average molecular weight is 339 g/mol. The Morgan fingerprint density at radius 3 is 2.70 bits per heavy atom. The highest BCUT2D eigenvalue weighted by molar-refractivity contribution is 6.41. The Morgan fingerprint density at radius 1 is 1.22 bits per heavy atom. The summed E-state index contributed by atoms with van der Waals surface area (Å²) in [5.74, 6) is -1.94. The summed E-state index contributed by atoms with van der Waals surface area (Å²) in [5.41, 5.74) is 0.402. The Kier molecular flexibility index (Phi) is 4.84. The molecule has 1 aliphatic heterocycles. The molecule has 7 heteroatoms. The van der Waals surface area contributed by atoms with Gasteiger partial charge < -0.3 is 20.1 Å². The first-order valence-corrected chi connectivity index (χ1v) is 8.11. The van der Waals surface area contributed by atoms with Crippen molar-refractivity contribution in [3.63, 3.8) is 0 Å². The van der Waals surface area contributed by atoms with Crippen molar-refractivity contribution in [2.45, 2.75) is 37.6 Å². The highest BCUT2D eigenvalue weighted by Crippen LogP contribution is 2.38. The molecule has 2 amide bonds. The number of anilines is 1. The zero-order valence-corrected chi connectivity index (χ0v) is 13.4. The van der Waals surface area contributed by atoms with Crippen LogP contribution in [0, 0.1) is 0 Å². The van der Waals surface area contributed by atoms with E-state index >= 15 is 0 Å². The van der Waals surface area contributed by atoms with E-state index < -0.39 is 17.6 Å². The molecule has 6 nitrogen and oxygen atoms in total. The van der Waals surface area contributed by atoms with Crippen molar-refractivity contribution < 1.29 is 19.1 Å². The summed E-state index contributed by atoms with van der Waals surface area (Å²) in [6.07, 6.45) is 3.76. The molecule has 1 saturated carbocycles. The van der Waals surface area contributed by atoms with Gasteiger partial charge in [-0.1, -0.05) is 23.7 Å². The molecule has 0 radical (unpaired) electrons. The molecule has 124 valence electrons. The monoisotopic (exact) mass is 338 g/mol. The van der Waals surface area contributed by atoms with Crippen LogP contribution in [0.4, 0.5) is 5.69 Å². The van der Waals surface area contributed by atoms with E-state index in [2.05, 4.69) is 10.6 Å². The molecule has 1 aromatic carbocycles. The van der Waals surface area contributed by atoms with Crippen LogP contribution in [-0.4, -0.2) is 36.9 Å². The summed E-state index contributed by atoms with van der Waals surface area (Å²) in [5, 5.41) is 5.43. The van der Waals surface area contributed by atoms with Gasteiger partial charge in [0.2, 0.25) is 0 Å². The van der Waals surface area contributed by atoms with Crippen molar-refractivity contribution in [2.24, 2.45) is 0 Å². The van der Waals surface area contributed by atoms with Gasteiger partial charge in [-0.15, -0.1) is 0 Å². The van der Waals surface area contributed by atoms with Crippen LogP contribution in [0.25, 0.3) is 0 Å². The molecule has 0 aromatic heterocycles. The number of hydrogen-bond acceptors (Lipinski definition) is 4. The first-order valence-electron chi connectivity index (χ1n) is 7.73. The number of carbonyl (C=O) groups excluding carboxylic acids is 2. The van der Waals surface area contributed by atoms with Crippen molar-refractivity contribution in [3.8, 4) is 0 Å². The normalized spacial score (nSPS) is 22.2. The minimum atomic E-state index is -0.757. The van der Waals surface area contributed by atoms with Crippen molar-refractivity contribution >= 4 is 29.1 Å². The quantitative estimate of drug-likeness (QED) is 0.827. The predicted octanol–water partition coefficient (Wildman–Crippen LogP) is 2.08. The van der Waals surface area contributed by atoms with Crippen LogP contribution in [0.3, 0.4) is 0 Å². The average Bonchev–Trinajstić information content (AvgIpc) is 3.17. The van der Waals surface area contributed by atoms with Gasteiger partial charge in [0.25, 0.3) is 0 Å². The summed E-state index contributed by atoms with van der Waals surface area (Å²) < 4.78 is 11.6. The van der Waals surface area contributed by atoms with E-state index in [-0.39, 0.29) is 12.6 Å². The van der Waals surface area contributed by atoms with Crippen LogP contribution in [0.5, 0.6) is 0 Å². The maximum absolute atomic E-state index is 11.9. The van der Waals surface area contributed by atoms with Gasteiger partial charge in [0.05, 0.1) is 17.3 Å². The van der Waals surface area contributed by atoms with Crippen molar-refractivity contribution in [2.75, 3.05) is 18.5 Å². The van der Waals surface area contributed by atoms with Gasteiger partial charge >= 0.3 is 11.8 Å². The molecule has 2 N–H and O–H groups in total. The van der Waals surface area contributed by atoms with Crippen LogP contribution in [0.1, 0.15) is 25.7 Å². The molecule has 1 aromatic rings. The SMILES string of the molecule is O=C(NC[C@H]1COC2(CCCC2)O1)C(=O)Nc1ccccc1Cl. The molecular weight excluding hydrogens is 320 g/mol. The number of nitrogens with one attached hydrogen (secondary N) is 2. The Morgan fingerprint density at radius 2 is 1.96 bits per heavy atom. The second kappa shape index (κ2) is 6.86. The van der Waals surface area contributed by atoms with Gasteiger partial charge in [0, 0.05) is 19.4 Å². The van der Waals surface area contributed by atoms with E-state index in [9.17, 15) is 9.59 Å². The molecule has 1 saturated heterocycles. The number of halogens is 1. The second-order valence-electron chi connectivity index (χ2n) is 5.81. The number of hydrogen-bond donors (Lipinski definition) is 2. The van der Waals surface area contributed by atoms with Crippen molar-refractivity contribution in [1.82, 2.24) is 5.32 Å². The maximum atomic E-state index is 11.9. The highest BCUT2D eigenvalue weighted by atomic mass is 35.5. The lowest BCUT2D eigenvalue weighted by Crippen LogP contribution is -2.40. The summed E-state index contributed by atoms with van der Waals surface area (Å²) >= 11 is 5.94. The second-order valence-corrected chi connectivity index (χ2v) is 6.22. The molecule has 23 heavy (non-hydrogen) atoms. The Balaban J connectivity index is 1.46. The number of carbonyl (C=O) groups is 2. The fraction of sp³-hybridized carbons (Fsp3) is 0.500. The fourth-order valence-corrected chi connectivity index (χ4v) is 3.10. The van der Waals surface area contributed by atoms with E-state index in [0.717, 1.165) is 25.7 Å². The zero-order chi connectivity index (χ0) is 16.3. The topological polar surface area (TPSA) is 76.7 Å². The number of ether oxygens (including phenoxy) is 2. The molecule has 1 atom stereocenters. The molecule has 3 rings (SSSR count). The van der Waals surface area contributed by atoms with Crippen molar-refractivity contribution in [3.05, 3.63) is 29.3 Å². The number of rotatable bonds is 3. The highest BCUT2D eigenvalue weighted by Gasteiger charge is 2.43. The zero-order valence-electron chi connectivity index (χ0n) is 12.6. The molecule has 0 unspecified atom stereocenters. The number of benzene rings is 1. The van der Waals surface area contributed by atoms with Gasteiger partial charge in [-0.05, 0) is 25.0 Å². The van der Waals surface area contributed by atoms with Crippen LogP contribution in [0.15, 0.2) is 24.3 Å². The molecule has 2 aliphatic rings. The largest absolute Gasteiger partial charge is 0.347 e. The lowest BCUT2D eigenvalue weighted by molar-refractivity contribution is -0.161. The van der Waals surface area contributed by atoms with E-state index in [4.69, 9.17) is 21.1 Å². The smallest absolute Gasteiger partial charge is 0.313 e. The molecule has 1 heterocycles. The standard InChI is InChI=1S/C16H19ClN2O4/c17-12-5-1-2-6-13(12)19-15(21)14(20)18-9-11-10-22-16(23-11)7-3-4-8-16/h1-2,5-6,11H,3-4,7-10H2,(H,18,20)(H,19,21)/t11-/m0/s1. The van der Waals surface area contributed by atoms with Crippen LogP contribution in [0.2, 0.25) is 5.02 Å². The Hall–Kier alpha value is -1.63. The lowest BCUT2D eigenvalue weighted by atomic mass is 10.2.